The molecular formula is C24H21N3O3S. The molecule has 0 aliphatic carbocycles. The van der Waals surface area contributed by atoms with Crippen LogP contribution in [0.15, 0.2) is 71.6 Å². The van der Waals surface area contributed by atoms with Crippen molar-refractivity contribution >= 4 is 34.4 Å². The maximum absolute atomic E-state index is 12.4. The summed E-state index contributed by atoms with van der Waals surface area (Å²) in [6.07, 6.45) is 0. The number of para-hydroxylation sites is 2. The van der Waals surface area contributed by atoms with E-state index >= 15 is 0 Å². The van der Waals surface area contributed by atoms with Gasteiger partial charge in [0.25, 0.3) is 0 Å². The predicted molar refractivity (Wildman–Crippen MR) is 123 cm³/mol. The molecule has 1 amide bonds. The van der Waals surface area contributed by atoms with E-state index in [0.29, 0.717) is 19.0 Å². The van der Waals surface area contributed by atoms with Gasteiger partial charge in [-0.3, -0.25) is 4.79 Å². The van der Waals surface area contributed by atoms with Gasteiger partial charge in [0.2, 0.25) is 5.91 Å². The van der Waals surface area contributed by atoms with Crippen molar-refractivity contribution in [2.24, 2.45) is 7.05 Å². The average molecular weight is 432 g/mol. The van der Waals surface area contributed by atoms with Crippen LogP contribution in [0.5, 0.6) is 11.5 Å². The Kier molecular flexibility index (Phi) is 5.26. The lowest BCUT2D eigenvalue weighted by molar-refractivity contribution is -0.113. The predicted octanol–water partition coefficient (Wildman–Crippen LogP) is 4.74. The van der Waals surface area contributed by atoms with Crippen molar-refractivity contribution in [2.45, 2.75) is 4.90 Å². The van der Waals surface area contributed by atoms with Crippen LogP contribution in [0, 0.1) is 0 Å². The van der Waals surface area contributed by atoms with Crippen LogP contribution in [0.2, 0.25) is 0 Å². The Morgan fingerprint density at radius 3 is 2.61 bits per heavy atom. The van der Waals surface area contributed by atoms with Crippen LogP contribution >= 0.6 is 11.8 Å². The summed E-state index contributed by atoms with van der Waals surface area (Å²) in [4.78, 5) is 18.1. The Hall–Kier alpha value is -3.45. The molecule has 31 heavy (non-hydrogen) atoms. The average Bonchev–Trinajstić information content (AvgIpc) is 3.15. The van der Waals surface area contributed by atoms with Crippen molar-refractivity contribution in [1.82, 2.24) is 9.55 Å². The molecule has 0 atom stereocenters. The van der Waals surface area contributed by atoms with Crippen LogP contribution in [0.3, 0.4) is 0 Å². The standard InChI is InChI=1S/C24H21N3O3S/c1-27-20-5-3-2-4-19(20)26-24(27)16-6-8-17(9-7-16)25-23(28)15-31-18-10-11-21-22(14-18)30-13-12-29-21/h2-11,14H,12-13,15H2,1H3,(H,25,28). The zero-order chi connectivity index (χ0) is 21.2. The summed E-state index contributed by atoms with van der Waals surface area (Å²) in [7, 11) is 2.01. The summed E-state index contributed by atoms with van der Waals surface area (Å²) in [5.41, 5.74) is 3.82. The molecule has 1 aliphatic rings. The van der Waals surface area contributed by atoms with E-state index in [0.717, 1.165) is 44.5 Å². The number of carbonyl (C=O) groups is 1. The zero-order valence-corrected chi connectivity index (χ0v) is 17.8. The van der Waals surface area contributed by atoms with Gasteiger partial charge in [0, 0.05) is 23.2 Å². The molecule has 3 aromatic carbocycles. The molecule has 0 unspecified atom stereocenters. The highest BCUT2D eigenvalue weighted by Gasteiger charge is 2.13. The van der Waals surface area contributed by atoms with Crippen LogP contribution in [0.25, 0.3) is 22.4 Å². The second-order valence-electron chi connectivity index (χ2n) is 7.20. The molecule has 5 rings (SSSR count). The van der Waals surface area contributed by atoms with Gasteiger partial charge in [0.1, 0.15) is 19.0 Å². The number of amides is 1. The van der Waals surface area contributed by atoms with Gasteiger partial charge >= 0.3 is 0 Å². The summed E-state index contributed by atoms with van der Waals surface area (Å²) >= 11 is 1.46. The number of rotatable bonds is 5. The van der Waals surface area contributed by atoms with E-state index in [1.807, 2.05) is 67.7 Å². The molecule has 0 bridgehead atoms. The largest absolute Gasteiger partial charge is 0.486 e. The lowest BCUT2D eigenvalue weighted by Crippen LogP contribution is -2.15. The first-order chi connectivity index (χ1) is 15.2. The van der Waals surface area contributed by atoms with Crippen LogP contribution in [0.4, 0.5) is 5.69 Å². The van der Waals surface area contributed by atoms with Crippen molar-refractivity contribution in [3.05, 3.63) is 66.7 Å². The number of nitrogens with zero attached hydrogens (tertiary/aromatic N) is 2. The molecule has 0 saturated heterocycles. The van der Waals surface area contributed by atoms with E-state index in [1.165, 1.54) is 11.8 Å². The summed E-state index contributed by atoms with van der Waals surface area (Å²) in [5.74, 6) is 2.63. The number of nitrogens with one attached hydrogen (secondary N) is 1. The monoisotopic (exact) mass is 431 g/mol. The van der Waals surface area contributed by atoms with E-state index in [1.54, 1.807) is 0 Å². The van der Waals surface area contributed by atoms with Crippen LogP contribution in [-0.2, 0) is 11.8 Å². The SMILES string of the molecule is Cn1c(-c2ccc(NC(=O)CSc3ccc4c(c3)OCCO4)cc2)nc2ccccc21. The lowest BCUT2D eigenvalue weighted by atomic mass is 10.2. The van der Waals surface area contributed by atoms with Crippen molar-refractivity contribution in [1.29, 1.82) is 0 Å². The third kappa shape index (κ3) is 4.09. The minimum atomic E-state index is -0.0598. The maximum atomic E-state index is 12.4. The number of aryl methyl sites for hydroxylation is 1. The summed E-state index contributed by atoms with van der Waals surface area (Å²) in [5, 5.41) is 2.95. The second-order valence-corrected chi connectivity index (χ2v) is 8.25. The Labute approximate surface area is 184 Å². The molecule has 6 nitrogen and oxygen atoms in total. The number of anilines is 1. The van der Waals surface area contributed by atoms with E-state index in [4.69, 9.17) is 14.5 Å². The molecule has 7 heteroatoms. The number of hydrogen-bond acceptors (Lipinski definition) is 5. The minimum absolute atomic E-state index is 0.0598. The number of imidazole rings is 1. The first kappa shape index (κ1) is 19.5. The topological polar surface area (TPSA) is 65.4 Å². The smallest absolute Gasteiger partial charge is 0.234 e. The molecular weight excluding hydrogens is 410 g/mol. The molecule has 4 aromatic rings. The number of hydrogen-bond donors (Lipinski definition) is 1. The third-order valence-electron chi connectivity index (χ3n) is 5.10. The highest BCUT2D eigenvalue weighted by Crippen LogP contribution is 2.34. The quantitative estimate of drug-likeness (QED) is 0.462. The van der Waals surface area contributed by atoms with E-state index < -0.39 is 0 Å². The van der Waals surface area contributed by atoms with Crippen LogP contribution in [-0.4, -0.2) is 34.4 Å². The van der Waals surface area contributed by atoms with Gasteiger partial charge in [-0.1, -0.05) is 12.1 Å². The summed E-state index contributed by atoms with van der Waals surface area (Å²) < 4.78 is 13.2. The number of thioether (sulfide) groups is 1. The van der Waals surface area contributed by atoms with Gasteiger partial charge in [-0.25, -0.2) is 4.98 Å². The van der Waals surface area contributed by atoms with E-state index in [9.17, 15) is 4.79 Å². The second kappa shape index (κ2) is 8.35. The molecule has 0 fully saturated rings. The molecule has 0 radical (unpaired) electrons. The molecule has 2 heterocycles. The fraction of sp³-hybridized carbons (Fsp3) is 0.167. The van der Waals surface area contributed by atoms with Crippen molar-refractivity contribution < 1.29 is 14.3 Å². The highest BCUT2D eigenvalue weighted by atomic mass is 32.2. The number of fused-ring (bicyclic) bond motifs is 2. The van der Waals surface area contributed by atoms with Crippen molar-refractivity contribution in [2.75, 3.05) is 24.3 Å². The number of aromatic nitrogens is 2. The van der Waals surface area contributed by atoms with Gasteiger partial charge < -0.3 is 19.4 Å². The third-order valence-corrected chi connectivity index (χ3v) is 6.09. The van der Waals surface area contributed by atoms with E-state index in [-0.39, 0.29) is 5.91 Å². The molecule has 1 N–H and O–H groups in total. The first-order valence-corrected chi connectivity index (χ1v) is 11.0. The maximum Gasteiger partial charge on any atom is 0.234 e. The first-order valence-electron chi connectivity index (χ1n) is 10.0. The van der Waals surface area contributed by atoms with E-state index in [2.05, 4.69) is 16.0 Å². The fourth-order valence-corrected chi connectivity index (χ4v) is 4.29. The molecule has 0 saturated carbocycles. The number of benzene rings is 3. The Bertz CT molecular complexity index is 1250. The molecule has 1 aliphatic heterocycles. The van der Waals surface area contributed by atoms with Crippen molar-refractivity contribution in [3.8, 4) is 22.9 Å². The summed E-state index contributed by atoms with van der Waals surface area (Å²) in [6.45, 7) is 1.11. The Morgan fingerprint density at radius 1 is 1.03 bits per heavy atom. The minimum Gasteiger partial charge on any atom is -0.486 e. The van der Waals surface area contributed by atoms with Gasteiger partial charge in [-0.05, 0) is 54.6 Å². The highest BCUT2D eigenvalue weighted by molar-refractivity contribution is 8.00. The van der Waals surface area contributed by atoms with Gasteiger partial charge in [0.15, 0.2) is 11.5 Å². The molecule has 0 spiro atoms. The van der Waals surface area contributed by atoms with Crippen LogP contribution < -0.4 is 14.8 Å². The Morgan fingerprint density at radius 2 is 1.81 bits per heavy atom. The van der Waals surface area contributed by atoms with Gasteiger partial charge in [-0.2, -0.15) is 0 Å². The number of ether oxygens (including phenoxy) is 2. The zero-order valence-electron chi connectivity index (χ0n) is 17.0. The Balaban J connectivity index is 1.22. The molecule has 156 valence electrons. The lowest BCUT2D eigenvalue weighted by Gasteiger charge is -2.18. The normalized spacial score (nSPS) is 12.7. The summed E-state index contributed by atoms with van der Waals surface area (Å²) in [6, 6.07) is 21.6. The van der Waals surface area contributed by atoms with Gasteiger partial charge in [0.05, 0.1) is 16.8 Å². The van der Waals surface area contributed by atoms with Crippen molar-refractivity contribution in [3.63, 3.8) is 0 Å². The fourth-order valence-electron chi connectivity index (χ4n) is 3.57. The number of carbonyl (C=O) groups excluding carboxylic acids is 1. The molecule has 1 aromatic heterocycles. The van der Waals surface area contributed by atoms with Crippen LogP contribution in [0.1, 0.15) is 0 Å². The van der Waals surface area contributed by atoms with Gasteiger partial charge in [-0.15, -0.1) is 11.8 Å².